The van der Waals surface area contributed by atoms with Gasteiger partial charge in [-0.2, -0.15) is 12.6 Å². The van der Waals surface area contributed by atoms with Gasteiger partial charge in [-0.3, -0.25) is 4.79 Å². The number of nitrogens with zero attached hydrogens (tertiary/aromatic N) is 1. The van der Waals surface area contributed by atoms with E-state index in [1.807, 2.05) is 18.2 Å². The molecule has 1 aliphatic carbocycles. The van der Waals surface area contributed by atoms with Gasteiger partial charge in [0.05, 0.1) is 0 Å². The fourth-order valence-corrected chi connectivity index (χ4v) is 4.32. The van der Waals surface area contributed by atoms with E-state index in [2.05, 4.69) is 23.6 Å². The SMILES string of the molecule is O=C1c2ccccc2CCCN1CC1(CS)CCCCC1. The van der Waals surface area contributed by atoms with Crippen LogP contribution in [-0.4, -0.2) is 29.6 Å². The van der Waals surface area contributed by atoms with Crippen molar-refractivity contribution in [3.8, 4) is 0 Å². The third-order valence-electron chi connectivity index (χ3n) is 5.19. The summed E-state index contributed by atoms with van der Waals surface area (Å²) in [5, 5.41) is 0. The minimum Gasteiger partial charge on any atom is -0.338 e. The summed E-state index contributed by atoms with van der Waals surface area (Å²) in [4.78, 5) is 15.0. The second-order valence-electron chi connectivity index (χ2n) is 6.71. The predicted octanol–water partition coefficient (Wildman–Crippen LogP) is 3.96. The van der Waals surface area contributed by atoms with Gasteiger partial charge in [0.15, 0.2) is 0 Å². The molecule has 0 aromatic heterocycles. The number of thiol groups is 1. The summed E-state index contributed by atoms with van der Waals surface area (Å²) in [7, 11) is 0. The van der Waals surface area contributed by atoms with Crippen LogP contribution < -0.4 is 0 Å². The van der Waals surface area contributed by atoms with Crippen molar-refractivity contribution in [3.05, 3.63) is 35.4 Å². The molecule has 0 atom stereocenters. The monoisotopic (exact) mass is 303 g/mol. The van der Waals surface area contributed by atoms with Gasteiger partial charge in [0.25, 0.3) is 5.91 Å². The van der Waals surface area contributed by atoms with Crippen LogP contribution in [0.15, 0.2) is 24.3 Å². The van der Waals surface area contributed by atoms with E-state index in [0.29, 0.717) is 0 Å². The maximum absolute atomic E-state index is 12.9. The first-order valence-electron chi connectivity index (χ1n) is 8.22. The molecule has 0 radical (unpaired) electrons. The van der Waals surface area contributed by atoms with E-state index in [0.717, 1.165) is 37.2 Å². The summed E-state index contributed by atoms with van der Waals surface area (Å²) in [6.45, 7) is 1.78. The third-order valence-corrected chi connectivity index (χ3v) is 5.86. The van der Waals surface area contributed by atoms with Crippen LogP contribution in [0.25, 0.3) is 0 Å². The van der Waals surface area contributed by atoms with Crippen molar-refractivity contribution >= 4 is 18.5 Å². The molecule has 0 spiro atoms. The summed E-state index contributed by atoms with van der Waals surface area (Å²) in [6.07, 6.45) is 8.46. The lowest BCUT2D eigenvalue weighted by Gasteiger charge is -2.40. The van der Waals surface area contributed by atoms with Gasteiger partial charge in [-0.05, 0) is 48.5 Å². The molecule has 1 fully saturated rings. The number of rotatable bonds is 3. The van der Waals surface area contributed by atoms with Gasteiger partial charge >= 0.3 is 0 Å². The van der Waals surface area contributed by atoms with E-state index in [1.54, 1.807) is 0 Å². The molecule has 0 bridgehead atoms. The molecule has 0 unspecified atom stereocenters. The lowest BCUT2D eigenvalue weighted by molar-refractivity contribution is 0.0634. The molecule has 3 heteroatoms. The Balaban J connectivity index is 1.80. The van der Waals surface area contributed by atoms with Crippen LogP contribution >= 0.6 is 12.6 Å². The van der Waals surface area contributed by atoms with Gasteiger partial charge in [0.1, 0.15) is 0 Å². The smallest absolute Gasteiger partial charge is 0.254 e. The normalized spacial score (nSPS) is 21.8. The average molecular weight is 303 g/mol. The zero-order chi connectivity index (χ0) is 14.7. The van der Waals surface area contributed by atoms with E-state index < -0.39 is 0 Å². The molecule has 2 nitrogen and oxygen atoms in total. The van der Waals surface area contributed by atoms with Crippen LogP contribution in [0, 0.1) is 5.41 Å². The molecule has 2 aliphatic rings. The molecule has 1 aromatic carbocycles. The first kappa shape index (κ1) is 15.0. The molecule has 1 aromatic rings. The number of hydrogen-bond acceptors (Lipinski definition) is 2. The van der Waals surface area contributed by atoms with Crippen LogP contribution in [0.1, 0.15) is 54.4 Å². The van der Waals surface area contributed by atoms with Crippen LogP contribution in [0.5, 0.6) is 0 Å². The second-order valence-corrected chi connectivity index (χ2v) is 7.02. The van der Waals surface area contributed by atoms with Gasteiger partial charge in [-0.15, -0.1) is 0 Å². The van der Waals surface area contributed by atoms with Gasteiger partial charge in [0.2, 0.25) is 0 Å². The number of hydrogen-bond donors (Lipinski definition) is 1. The van der Waals surface area contributed by atoms with E-state index in [9.17, 15) is 4.79 Å². The first-order chi connectivity index (χ1) is 10.2. The number of amides is 1. The lowest BCUT2D eigenvalue weighted by Crippen LogP contribution is -2.43. The van der Waals surface area contributed by atoms with Crippen LogP contribution in [-0.2, 0) is 6.42 Å². The van der Waals surface area contributed by atoms with Crippen LogP contribution in [0.2, 0.25) is 0 Å². The maximum Gasteiger partial charge on any atom is 0.254 e. The Morgan fingerprint density at radius 1 is 1.10 bits per heavy atom. The summed E-state index contributed by atoms with van der Waals surface area (Å²) in [6, 6.07) is 8.11. The van der Waals surface area contributed by atoms with Gasteiger partial charge in [-0.25, -0.2) is 0 Å². The van der Waals surface area contributed by atoms with E-state index in [4.69, 9.17) is 0 Å². The molecular formula is C18H25NOS. The number of carbonyl (C=O) groups is 1. The van der Waals surface area contributed by atoms with Gasteiger partial charge < -0.3 is 4.90 Å². The van der Waals surface area contributed by atoms with E-state index >= 15 is 0 Å². The molecule has 1 amide bonds. The van der Waals surface area contributed by atoms with E-state index in [-0.39, 0.29) is 11.3 Å². The zero-order valence-electron chi connectivity index (χ0n) is 12.7. The molecule has 114 valence electrons. The standard InChI is InChI=1S/C18H25NOS/c20-17-16-9-3-2-7-15(16)8-6-12-19(17)13-18(14-21)10-4-1-5-11-18/h2-3,7,9,21H,1,4-6,8,10-14H2. The largest absolute Gasteiger partial charge is 0.338 e. The topological polar surface area (TPSA) is 20.3 Å². The average Bonchev–Trinajstić information content (AvgIpc) is 2.69. The summed E-state index contributed by atoms with van der Waals surface area (Å²) in [5.41, 5.74) is 2.38. The van der Waals surface area contributed by atoms with Crippen molar-refractivity contribution in [3.63, 3.8) is 0 Å². The molecule has 0 saturated heterocycles. The van der Waals surface area contributed by atoms with Crippen molar-refractivity contribution in [2.24, 2.45) is 5.41 Å². The summed E-state index contributed by atoms with van der Waals surface area (Å²) >= 11 is 4.62. The predicted molar refractivity (Wildman–Crippen MR) is 90.0 cm³/mol. The van der Waals surface area contributed by atoms with Crippen molar-refractivity contribution in [1.82, 2.24) is 4.90 Å². The highest BCUT2D eigenvalue weighted by atomic mass is 32.1. The fraction of sp³-hybridized carbons (Fsp3) is 0.611. The Labute approximate surface area is 133 Å². The Kier molecular flexibility index (Phi) is 4.58. The van der Waals surface area contributed by atoms with Gasteiger partial charge in [-0.1, -0.05) is 37.5 Å². The van der Waals surface area contributed by atoms with Crippen molar-refractivity contribution < 1.29 is 4.79 Å². The Hall–Kier alpha value is -0.960. The highest BCUT2D eigenvalue weighted by molar-refractivity contribution is 7.80. The highest BCUT2D eigenvalue weighted by Gasteiger charge is 2.35. The maximum atomic E-state index is 12.9. The van der Waals surface area contributed by atoms with E-state index in [1.165, 1.54) is 37.7 Å². The first-order valence-corrected chi connectivity index (χ1v) is 8.85. The quantitative estimate of drug-likeness (QED) is 0.838. The number of aryl methyl sites for hydroxylation is 1. The molecule has 3 rings (SSSR count). The third kappa shape index (κ3) is 3.13. The summed E-state index contributed by atoms with van der Waals surface area (Å²) in [5.74, 6) is 1.13. The summed E-state index contributed by atoms with van der Waals surface area (Å²) < 4.78 is 0. The molecular weight excluding hydrogens is 278 g/mol. The number of fused-ring (bicyclic) bond motifs is 1. The fourth-order valence-electron chi connectivity index (χ4n) is 3.90. The molecule has 21 heavy (non-hydrogen) atoms. The zero-order valence-corrected chi connectivity index (χ0v) is 13.6. The minimum absolute atomic E-state index is 0.231. The second kappa shape index (κ2) is 6.43. The molecule has 1 saturated carbocycles. The molecule has 1 aliphatic heterocycles. The van der Waals surface area contributed by atoms with Crippen molar-refractivity contribution in [2.75, 3.05) is 18.8 Å². The molecule has 0 N–H and O–H groups in total. The van der Waals surface area contributed by atoms with Crippen LogP contribution in [0.4, 0.5) is 0 Å². The Bertz CT molecular complexity index is 508. The lowest BCUT2D eigenvalue weighted by atomic mass is 9.75. The van der Waals surface area contributed by atoms with Gasteiger partial charge in [0, 0.05) is 18.7 Å². The van der Waals surface area contributed by atoms with Crippen molar-refractivity contribution in [1.29, 1.82) is 0 Å². The Morgan fingerprint density at radius 2 is 1.86 bits per heavy atom. The minimum atomic E-state index is 0.231. The highest BCUT2D eigenvalue weighted by Crippen LogP contribution is 2.38. The molecule has 1 heterocycles. The van der Waals surface area contributed by atoms with Crippen molar-refractivity contribution in [2.45, 2.75) is 44.9 Å². The number of carbonyl (C=O) groups excluding carboxylic acids is 1. The number of benzene rings is 1. The Morgan fingerprint density at radius 3 is 2.62 bits per heavy atom. The van der Waals surface area contributed by atoms with Crippen LogP contribution in [0.3, 0.4) is 0 Å².